The Morgan fingerprint density at radius 2 is 2.06 bits per heavy atom. The van der Waals surface area contributed by atoms with E-state index in [9.17, 15) is 5.11 Å². The largest absolute Gasteiger partial charge is 0.391 e. The van der Waals surface area contributed by atoms with Crippen LogP contribution in [0.15, 0.2) is 24.3 Å². The van der Waals surface area contributed by atoms with Gasteiger partial charge in [0.25, 0.3) is 0 Å². The van der Waals surface area contributed by atoms with Crippen LogP contribution in [0, 0.1) is 6.92 Å². The molecule has 0 saturated heterocycles. The van der Waals surface area contributed by atoms with Crippen molar-refractivity contribution in [3.05, 3.63) is 29.8 Å². The Morgan fingerprint density at radius 1 is 1.29 bits per heavy atom. The Bertz CT molecular complexity index is 364. The molecular weight excluding hydrogens is 210 g/mol. The number of hydrogen-bond donors (Lipinski definition) is 1. The molecule has 0 heterocycles. The molecule has 0 aromatic heterocycles. The predicted octanol–water partition coefficient (Wildman–Crippen LogP) is 3.12. The zero-order chi connectivity index (χ0) is 12.3. The number of nitrogens with zero attached hydrogens (tertiary/aromatic N) is 1. The van der Waals surface area contributed by atoms with Crippen molar-refractivity contribution in [1.29, 1.82) is 0 Å². The lowest BCUT2D eigenvalue weighted by molar-refractivity contribution is 0.104. The first kappa shape index (κ1) is 12.4. The molecule has 2 rings (SSSR count). The van der Waals surface area contributed by atoms with Gasteiger partial charge in [0.2, 0.25) is 0 Å². The first-order valence-electron chi connectivity index (χ1n) is 6.73. The first-order chi connectivity index (χ1) is 8.22. The average molecular weight is 233 g/mol. The molecule has 1 saturated carbocycles. The lowest BCUT2D eigenvalue weighted by atomic mass is 9.91. The van der Waals surface area contributed by atoms with Crippen molar-refractivity contribution in [1.82, 2.24) is 0 Å². The van der Waals surface area contributed by atoms with E-state index in [1.54, 1.807) is 0 Å². The van der Waals surface area contributed by atoms with E-state index in [1.807, 2.05) is 0 Å². The van der Waals surface area contributed by atoms with Gasteiger partial charge in [0, 0.05) is 12.2 Å². The standard InChI is InChI=1S/C15H23NO/c1-3-16(13-8-6-7-12(2)11-13)14-9-4-5-10-15(14)17/h6-8,11,14-15,17H,3-5,9-10H2,1-2H3/t14-,15-/m0/s1. The maximum atomic E-state index is 10.2. The normalized spacial score (nSPS) is 24.6. The van der Waals surface area contributed by atoms with E-state index in [-0.39, 0.29) is 6.10 Å². The molecule has 0 radical (unpaired) electrons. The lowest BCUT2D eigenvalue weighted by Crippen LogP contribution is -2.45. The summed E-state index contributed by atoms with van der Waals surface area (Å²) in [5.41, 5.74) is 2.53. The van der Waals surface area contributed by atoms with E-state index < -0.39 is 0 Å². The Kier molecular flexibility index (Phi) is 4.06. The van der Waals surface area contributed by atoms with E-state index in [0.29, 0.717) is 6.04 Å². The maximum Gasteiger partial charge on any atom is 0.0743 e. The molecule has 1 aliphatic carbocycles. The van der Waals surface area contributed by atoms with Crippen molar-refractivity contribution in [3.63, 3.8) is 0 Å². The van der Waals surface area contributed by atoms with Crippen molar-refractivity contribution in [2.24, 2.45) is 0 Å². The SMILES string of the molecule is CCN(c1cccc(C)c1)[C@H]1CCCC[C@@H]1O. The average Bonchev–Trinajstić information content (AvgIpc) is 2.33. The van der Waals surface area contributed by atoms with Crippen LogP contribution in [-0.4, -0.2) is 23.8 Å². The van der Waals surface area contributed by atoms with Crippen LogP contribution in [0.2, 0.25) is 0 Å². The summed E-state index contributed by atoms with van der Waals surface area (Å²) in [4.78, 5) is 2.36. The van der Waals surface area contributed by atoms with Crippen LogP contribution in [-0.2, 0) is 0 Å². The molecule has 1 aromatic carbocycles. The highest BCUT2D eigenvalue weighted by Gasteiger charge is 2.27. The van der Waals surface area contributed by atoms with Crippen LogP contribution in [0.4, 0.5) is 5.69 Å². The number of anilines is 1. The highest BCUT2D eigenvalue weighted by Crippen LogP contribution is 2.27. The molecule has 94 valence electrons. The summed E-state index contributed by atoms with van der Waals surface area (Å²) in [5.74, 6) is 0. The van der Waals surface area contributed by atoms with E-state index in [1.165, 1.54) is 24.1 Å². The second-order valence-corrected chi connectivity index (χ2v) is 5.04. The summed E-state index contributed by atoms with van der Waals surface area (Å²) < 4.78 is 0. The number of aryl methyl sites for hydroxylation is 1. The maximum absolute atomic E-state index is 10.2. The second-order valence-electron chi connectivity index (χ2n) is 5.04. The highest BCUT2D eigenvalue weighted by atomic mass is 16.3. The van der Waals surface area contributed by atoms with Crippen LogP contribution in [0.3, 0.4) is 0 Å². The molecule has 0 unspecified atom stereocenters. The van der Waals surface area contributed by atoms with E-state index in [0.717, 1.165) is 19.4 Å². The number of hydrogen-bond acceptors (Lipinski definition) is 2. The van der Waals surface area contributed by atoms with Gasteiger partial charge in [-0.05, 0) is 44.4 Å². The van der Waals surface area contributed by atoms with Crippen molar-refractivity contribution >= 4 is 5.69 Å². The van der Waals surface area contributed by atoms with Crippen LogP contribution >= 0.6 is 0 Å². The molecule has 2 heteroatoms. The van der Waals surface area contributed by atoms with Gasteiger partial charge in [0.15, 0.2) is 0 Å². The summed E-state index contributed by atoms with van der Waals surface area (Å²) in [6.45, 7) is 5.25. The van der Waals surface area contributed by atoms with Gasteiger partial charge in [-0.1, -0.05) is 25.0 Å². The zero-order valence-electron chi connectivity index (χ0n) is 10.9. The van der Waals surface area contributed by atoms with E-state index in [4.69, 9.17) is 0 Å². The number of aliphatic hydroxyl groups is 1. The van der Waals surface area contributed by atoms with E-state index in [2.05, 4.69) is 43.0 Å². The van der Waals surface area contributed by atoms with Crippen LogP contribution in [0.25, 0.3) is 0 Å². The van der Waals surface area contributed by atoms with Crippen molar-refractivity contribution < 1.29 is 5.11 Å². The van der Waals surface area contributed by atoms with Crippen LogP contribution < -0.4 is 4.90 Å². The fourth-order valence-corrected chi connectivity index (χ4v) is 2.87. The molecule has 2 atom stereocenters. The number of rotatable bonds is 3. The van der Waals surface area contributed by atoms with Crippen LogP contribution in [0.5, 0.6) is 0 Å². The van der Waals surface area contributed by atoms with Crippen molar-refractivity contribution in [3.8, 4) is 0 Å². The highest BCUT2D eigenvalue weighted by molar-refractivity contribution is 5.49. The summed E-state index contributed by atoms with van der Waals surface area (Å²) >= 11 is 0. The van der Waals surface area contributed by atoms with Gasteiger partial charge < -0.3 is 10.0 Å². The van der Waals surface area contributed by atoms with Gasteiger partial charge in [-0.2, -0.15) is 0 Å². The summed E-state index contributed by atoms with van der Waals surface area (Å²) in [6.07, 6.45) is 4.31. The van der Waals surface area contributed by atoms with Gasteiger partial charge in [-0.15, -0.1) is 0 Å². The summed E-state index contributed by atoms with van der Waals surface area (Å²) in [7, 11) is 0. The smallest absolute Gasteiger partial charge is 0.0743 e. The minimum Gasteiger partial charge on any atom is -0.391 e. The molecule has 1 N–H and O–H groups in total. The molecule has 0 amide bonds. The van der Waals surface area contributed by atoms with Gasteiger partial charge >= 0.3 is 0 Å². The molecule has 1 aliphatic rings. The fraction of sp³-hybridized carbons (Fsp3) is 0.600. The molecule has 0 bridgehead atoms. The zero-order valence-corrected chi connectivity index (χ0v) is 10.9. The third-order valence-corrected chi connectivity index (χ3v) is 3.77. The minimum absolute atomic E-state index is 0.163. The fourth-order valence-electron chi connectivity index (χ4n) is 2.87. The molecule has 0 spiro atoms. The molecule has 1 fully saturated rings. The Morgan fingerprint density at radius 3 is 2.71 bits per heavy atom. The molecule has 1 aromatic rings. The number of likely N-dealkylation sites (N-methyl/N-ethyl adjacent to an activating group) is 1. The van der Waals surface area contributed by atoms with E-state index >= 15 is 0 Å². The minimum atomic E-state index is -0.163. The van der Waals surface area contributed by atoms with Crippen LogP contribution in [0.1, 0.15) is 38.2 Å². The topological polar surface area (TPSA) is 23.5 Å². The lowest BCUT2D eigenvalue weighted by Gasteiger charge is -2.38. The second kappa shape index (κ2) is 5.54. The molecular formula is C15H23NO. The predicted molar refractivity (Wildman–Crippen MR) is 72.5 cm³/mol. The quantitative estimate of drug-likeness (QED) is 0.867. The Balaban J connectivity index is 2.20. The Labute approximate surface area is 104 Å². The molecule has 0 aliphatic heterocycles. The molecule has 2 nitrogen and oxygen atoms in total. The monoisotopic (exact) mass is 233 g/mol. The Hall–Kier alpha value is -1.02. The van der Waals surface area contributed by atoms with Gasteiger partial charge in [0.1, 0.15) is 0 Å². The van der Waals surface area contributed by atoms with Gasteiger partial charge in [0.05, 0.1) is 12.1 Å². The number of benzene rings is 1. The summed E-state index contributed by atoms with van der Waals surface area (Å²) in [5, 5.41) is 10.2. The van der Waals surface area contributed by atoms with Crippen molar-refractivity contribution in [2.45, 2.75) is 51.7 Å². The first-order valence-corrected chi connectivity index (χ1v) is 6.73. The third kappa shape index (κ3) is 2.81. The molecule has 17 heavy (non-hydrogen) atoms. The third-order valence-electron chi connectivity index (χ3n) is 3.77. The van der Waals surface area contributed by atoms with Crippen molar-refractivity contribution in [2.75, 3.05) is 11.4 Å². The van der Waals surface area contributed by atoms with Gasteiger partial charge in [-0.3, -0.25) is 0 Å². The van der Waals surface area contributed by atoms with Gasteiger partial charge in [-0.25, -0.2) is 0 Å². The summed E-state index contributed by atoms with van der Waals surface area (Å²) in [6, 6.07) is 8.88. The number of aliphatic hydroxyl groups excluding tert-OH is 1.